The standard InChI is InChI=1S/C25H29FNO4PS/c26-22-11-8-20(9-12-22)6-2-1-3-15-30-24-13-10-21(18-23(24)25-7-4-17-33-25)19-27-14-5-16-31-32(28)29/h4,7-13,17-18,27H,1-3,5-6,14-16,19H2/p+1. The Hall–Kier alpha value is -2.15. The van der Waals surface area contributed by atoms with Crippen LogP contribution >= 0.6 is 19.6 Å². The fraction of sp³-hybridized carbons (Fsp3) is 0.360. The fourth-order valence-corrected chi connectivity index (χ4v) is 4.48. The van der Waals surface area contributed by atoms with Crippen LogP contribution < -0.4 is 10.1 Å². The van der Waals surface area contributed by atoms with Crippen molar-refractivity contribution in [3.05, 3.63) is 76.9 Å². The van der Waals surface area contributed by atoms with Crippen molar-refractivity contribution in [1.82, 2.24) is 5.32 Å². The molecule has 1 atom stereocenters. The second-order valence-electron chi connectivity index (χ2n) is 7.69. The van der Waals surface area contributed by atoms with E-state index in [1.165, 1.54) is 17.0 Å². The first-order valence-corrected chi connectivity index (χ1v) is 13.2. The van der Waals surface area contributed by atoms with E-state index in [0.717, 1.165) is 48.1 Å². The Kier molecular flexibility index (Phi) is 10.9. The third-order valence-corrected chi connectivity index (χ3v) is 6.45. The van der Waals surface area contributed by atoms with E-state index in [1.807, 2.05) is 24.3 Å². The fourth-order valence-electron chi connectivity index (χ4n) is 3.45. The Morgan fingerprint density at radius 2 is 1.79 bits per heavy atom. The molecule has 2 N–H and O–H groups in total. The number of ether oxygens (including phenoxy) is 1. The van der Waals surface area contributed by atoms with Crippen molar-refractivity contribution in [2.45, 2.75) is 38.6 Å². The van der Waals surface area contributed by atoms with Crippen molar-refractivity contribution in [3.8, 4) is 16.2 Å². The molecule has 1 aromatic heterocycles. The van der Waals surface area contributed by atoms with Crippen LogP contribution in [0.3, 0.4) is 0 Å². The first-order chi connectivity index (χ1) is 16.1. The van der Waals surface area contributed by atoms with Crippen LogP contribution in [0, 0.1) is 5.82 Å². The zero-order valence-corrected chi connectivity index (χ0v) is 20.3. The molecule has 0 aliphatic rings. The van der Waals surface area contributed by atoms with E-state index < -0.39 is 8.25 Å². The van der Waals surface area contributed by atoms with Gasteiger partial charge < -0.3 is 10.1 Å². The SMILES string of the molecule is O=[P+](O)OCCCNCc1ccc(OCCCCCc2ccc(F)cc2)c(-c2cccs2)c1. The molecule has 0 saturated heterocycles. The van der Waals surface area contributed by atoms with E-state index >= 15 is 0 Å². The molecule has 1 heterocycles. The minimum Gasteiger partial charge on any atom is -0.493 e. The number of unbranched alkanes of at least 4 members (excludes halogenated alkanes) is 2. The van der Waals surface area contributed by atoms with Gasteiger partial charge in [-0.25, -0.2) is 4.39 Å². The normalized spacial score (nSPS) is 11.5. The van der Waals surface area contributed by atoms with Gasteiger partial charge >= 0.3 is 8.25 Å². The van der Waals surface area contributed by atoms with E-state index in [1.54, 1.807) is 11.3 Å². The highest BCUT2D eigenvalue weighted by Crippen LogP contribution is 2.34. The summed E-state index contributed by atoms with van der Waals surface area (Å²) < 4.78 is 34.3. The minimum atomic E-state index is -2.52. The topological polar surface area (TPSA) is 67.8 Å². The molecule has 2 aromatic carbocycles. The van der Waals surface area contributed by atoms with Crippen LogP contribution in [-0.2, 0) is 22.1 Å². The van der Waals surface area contributed by atoms with Crippen LogP contribution in [-0.4, -0.2) is 24.7 Å². The van der Waals surface area contributed by atoms with Crippen molar-refractivity contribution in [1.29, 1.82) is 0 Å². The maximum atomic E-state index is 13.0. The summed E-state index contributed by atoms with van der Waals surface area (Å²) in [4.78, 5) is 9.81. The lowest BCUT2D eigenvalue weighted by atomic mass is 10.1. The second kappa shape index (κ2) is 14.2. The second-order valence-corrected chi connectivity index (χ2v) is 9.38. The quantitative estimate of drug-likeness (QED) is 0.188. The lowest BCUT2D eigenvalue weighted by molar-refractivity contribution is 0.276. The van der Waals surface area contributed by atoms with Crippen molar-refractivity contribution < 1.29 is 23.1 Å². The number of hydrogen-bond donors (Lipinski definition) is 2. The van der Waals surface area contributed by atoms with Crippen molar-refractivity contribution >= 4 is 19.6 Å². The molecule has 1 unspecified atom stereocenters. The Balaban J connectivity index is 1.45. The van der Waals surface area contributed by atoms with E-state index in [4.69, 9.17) is 9.63 Å². The van der Waals surface area contributed by atoms with Crippen LogP contribution in [0.2, 0.25) is 0 Å². The van der Waals surface area contributed by atoms with Gasteiger partial charge in [0.15, 0.2) is 0 Å². The minimum absolute atomic E-state index is 0.192. The molecular formula is C25H30FNO4PS+. The molecule has 0 fully saturated rings. The average Bonchev–Trinajstić information content (AvgIpc) is 3.35. The Bertz CT molecular complexity index is 983. The monoisotopic (exact) mass is 490 g/mol. The molecule has 8 heteroatoms. The van der Waals surface area contributed by atoms with E-state index in [0.29, 0.717) is 26.1 Å². The Morgan fingerprint density at radius 1 is 0.970 bits per heavy atom. The average molecular weight is 491 g/mol. The molecular weight excluding hydrogens is 460 g/mol. The van der Waals surface area contributed by atoms with Gasteiger partial charge in [0.2, 0.25) is 0 Å². The molecule has 0 radical (unpaired) electrons. The summed E-state index contributed by atoms with van der Waals surface area (Å²) >= 11 is 1.69. The Labute approximate surface area is 199 Å². The molecule has 0 spiro atoms. The van der Waals surface area contributed by atoms with Gasteiger partial charge in [0.1, 0.15) is 18.2 Å². The summed E-state index contributed by atoms with van der Waals surface area (Å²) in [6.07, 6.45) is 4.70. The van der Waals surface area contributed by atoms with E-state index in [9.17, 15) is 8.96 Å². The number of hydrogen-bond acceptors (Lipinski definition) is 5. The summed E-state index contributed by atoms with van der Waals surface area (Å²) in [7, 11) is -2.52. The van der Waals surface area contributed by atoms with Gasteiger partial charge in [-0.05, 0) is 85.5 Å². The smallest absolute Gasteiger partial charge is 0.493 e. The van der Waals surface area contributed by atoms with Crippen LogP contribution in [0.5, 0.6) is 5.75 Å². The van der Waals surface area contributed by atoms with E-state index in [2.05, 4.69) is 33.4 Å². The molecule has 0 amide bonds. The summed E-state index contributed by atoms with van der Waals surface area (Å²) in [5.74, 6) is 0.696. The lowest BCUT2D eigenvalue weighted by Crippen LogP contribution is -2.16. The number of benzene rings is 2. The van der Waals surface area contributed by atoms with Crippen molar-refractivity contribution in [3.63, 3.8) is 0 Å². The molecule has 3 rings (SSSR count). The molecule has 3 aromatic rings. The van der Waals surface area contributed by atoms with Crippen LogP contribution in [0.15, 0.2) is 60.0 Å². The van der Waals surface area contributed by atoms with Gasteiger partial charge in [-0.3, -0.25) is 0 Å². The largest absolute Gasteiger partial charge is 0.694 e. The summed E-state index contributed by atoms with van der Waals surface area (Å²) in [6, 6.07) is 17.1. The molecule has 0 bridgehead atoms. The molecule has 0 aliphatic carbocycles. The maximum Gasteiger partial charge on any atom is 0.694 e. The first-order valence-electron chi connectivity index (χ1n) is 11.2. The lowest BCUT2D eigenvalue weighted by Gasteiger charge is -2.13. The van der Waals surface area contributed by atoms with Gasteiger partial charge in [0.05, 0.1) is 6.61 Å². The van der Waals surface area contributed by atoms with Crippen LogP contribution in [0.1, 0.15) is 36.8 Å². The predicted molar refractivity (Wildman–Crippen MR) is 131 cm³/mol. The van der Waals surface area contributed by atoms with Crippen molar-refractivity contribution in [2.75, 3.05) is 19.8 Å². The van der Waals surface area contributed by atoms with Gasteiger partial charge in [0, 0.05) is 21.6 Å². The highest BCUT2D eigenvalue weighted by Gasteiger charge is 2.11. The van der Waals surface area contributed by atoms with Gasteiger partial charge in [-0.1, -0.05) is 24.3 Å². The molecule has 33 heavy (non-hydrogen) atoms. The zero-order valence-electron chi connectivity index (χ0n) is 18.5. The third kappa shape index (κ3) is 9.32. The third-order valence-electron chi connectivity index (χ3n) is 5.14. The maximum absolute atomic E-state index is 13.0. The highest BCUT2D eigenvalue weighted by atomic mass is 32.1. The summed E-state index contributed by atoms with van der Waals surface area (Å²) in [6.45, 7) is 2.32. The van der Waals surface area contributed by atoms with Crippen LogP contribution in [0.25, 0.3) is 10.4 Å². The van der Waals surface area contributed by atoms with E-state index in [-0.39, 0.29) is 12.4 Å². The molecule has 0 aliphatic heterocycles. The van der Waals surface area contributed by atoms with Gasteiger partial charge in [-0.15, -0.1) is 20.8 Å². The zero-order chi connectivity index (χ0) is 23.3. The van der Waals surface area contributed by atoms with Crippen molar-refractivity contribution in [2.24, 2.45) is 0 Å². The molecule has 176 valence electrons. The van der Waals surface area contributed by atoms with Gasteiger partial charge in [0.25, 0.3) is 0 Å². The number of rotatable bonds is 15. The summed E-state index contributed by atoms with van der Waals surface area (Å²) in [5.41, 5.74) is 3.41. The highest BCUT2D eigenvalue weighted by molar-refractivity contribution is 7.32. The number of halogens is 1. The summed E-state index contributed by atoms with van der Waals surface area (Å²) in [5, 5.41) is 5.40. The number of nitrogens with one attached hydrogen (secondary N) is 1. The molecule has 5 nitrogen and oxygen atoms in total. The van der Waals surface area contributed by atoms with Crippen LogP contribution in [0.4, 0.5) is 4.39 Å². The predicted octanol–water partition coefficient (Wildman–Crippen LogP) is 6.49. The Morgan fingerprint density at radius 3 is 2.55 bits per heavy atom. The number of thiophene rings is 1. The molecule has 0 saturated carbocycles. The van der Waals surface area contributed by atoms with Gasteiger partial charge in [-0.2, -0.15) is 0 Å². The number of aryl methyl sites for hydroxylation is 1. The first kappa shape index (κ1) is 25.5.